The maximum absolute atomic E-state index is 12.4. The van der Waals surface area contributed by atoms with Gasteiger partial charge in [0, 0.05) is 6.42 Å². The van der Waals surface area contributed by atoms with Gasteiger partial charge in [0.2, 0.25) is 5.91 Å². The fourth-order valence-electron chi connectivity index (χ4n) is 2.79. The van der Waals surface area contributed by atoms with Crippen LogP contribution in [0.15, 0.2) is 36.4 Å². The zero-order valence-corrected chi connectivity index (χ0v) is 16.0. The van der Waals surface area contributed by atoms with E-state index in [4.69, 9.17) is 9.47 Å². The second-order valence-electron chi connectivity index (χ2n) is 6.36. The van der Waals surface area contributed by atoms with Crippen LogP contribution in [0.1, 0.15) is 34.7 Å². The van der Waals surface area contributed by atoms with Crippen molar-refractivity contribution in [2.24, 2.45) is 0 Å². The Hall–Kier alpha value is -3.02. The summed E-state index contributed by atoms with van der Waals surface area (Å²) in [5.41, 5.74) is 3.43. The lowest BCUT2D eigenvalue weighted by Crippen LogP contribution is -2.34. The predicted octanol–water partition coefficient (Wildman–Crippen LogP) is 3.20. The Morgan fingerprint density at radius 2 is 1.78 bits per heavy atom. The Morgan fingerprint density at radius 1 is 1.04 bits per heavy atom. The molecule has 0 aliphatic carbocycles. The number of hydrogen-bond acceptors (Lipinski definition) is 4. The number of carboxylic acid groups (broad SMARTS) is 1. The molecule has 0 aliphatic rings. The molecule has 2 N–H and O–H groups in total. The number of rotatable bonds is 8. The van der Waals surface area contributed by atoms with Gasteiger partial charge in [-0.05, 0) is 60.7 Å². The number of aliphatic carboxylic acids is 1. The fraction of sp³-hybridized carbons (Fsp3) is 0.333. The zero-order valence-electron chi connectivity index (χ0n) is 16.0. The van der Waals surface area contributed by atoms with Gasteiger partial charge in [0.05, 0.1) is 14.2 Å². The molecule has 1 amide bonds. The minimum absolute atomic E-state index is 0.137. The molecule has 2 rings (SSSR count). The first-order valence-corrected chi connectivity index (χ1v) is 8.66. The molecule has 0 spiro atoms. The van der Waals surface area contributed by atoms with E-state index in [0.29, 0.717) is 23.5 Å². The molecule has 0 saturated heterocycles. The van der Waals surface area contributed by atoms with Crippen molar-refractivity contribution in [2.75, 3.05) is 14.2 Å². The number of aryl methyl sites for hydroxylation is 3. The topological polar surface area (TPSA) is 84.9 Å². The van der Waals surface area contributed by atoms with E-state index in [9.17, 15) is 14.7 Å². The van der Waals surface area contributed by atoms with Crippen molar-refractivity contribution in [3.8, 4) is 11.5 Å². The first kappa shape index (κ1) is 20.3. The average Bonchev–Trinajstić information content (AvgIpc) is 2.66. The Morgan fingerprint density at radius 3 is 2.37 bits per heavy atom. The molecule has 2 aromatic rings. The summed E-state index contributed by atoms with van der Waals surface area (Å²) in [6, 6.07) is 9.66. The van der Waals surface area contributed by atoms with Gasteiger partial charge in [-0.25, -0.2) is 4.79 Å². The third-order valence-electron chi connectivity index (χ3n) is 4.53. The molecule has 0 bridgehead atoms. The smallest absolute Gasteiger partial charge is 0.330 e. The van der Waals surface area contributed by atoms with E-state index in [1.165, 1.54) is 0 Å². The summed E-state index contributed by atoms with van der Waals surface area (Å²) in [4.78, 5) is 24.0. The quantitative estimate of drug-likeness (QED) is 0.744. The summed E-state index contributed by atoms with van der Waals surface area (Å²) in [6.45, 7) is 3.86. The number of ether oxygens (including phenoxy) is 2. The highest BCUT2D eigenvalue weighted by molar-refractivity contribution is 5.84. The van der Waals surface area contributed by atoms with Crippen molar-refractivity contribution < 1.29 is 24.2 Å². The van der Waals surface area contributed by atoms with Crippen molar-refractivity contribution in [2.45, 2.75) is 32.7 Å². The van der Waals surface area contributed by atoms with Crippen LogP contribution in [-0.4, -0.2) is 31.2 Å². The van der Waals surface area contributed by atoms with Crippen LogP contribution < -0.4 is 14.8 Å². The molecule has 0 aromatic heterocycles. The van der Waals surface area contributed by atoms with Gasteiger partial charge in [-0.2, -0.15) is 0 Å². The summed E-state index contributed by atoms with van der Waals surface area (Å²) in [7, 11) is 3.13. The largest absolute Gasteiger partial charge is 0.497 e. The molecule has 1 unspecified atom stereocenters. The highest BCUT2D eigenvalue weighted by Crippen LogP contribution is 2.25. The minimum Gasteiger partial charge on any atom is -0.497 e. The van der Waals surface area contributed by atoms with Crippen molar-refractivity contribution in [1.29, 1.82) is 0 Å². The summed E-state index contributed by atoms with van der Waals surface area (Å²) >= 11 is 0. The standard InChI is InChI=1S/C21H25NO5/c1-13-5-6-16(11-14(13)2)20(21(24)25)22-19(23)10-7-15-12-17(26-3)8-9-18(15)27-4/h5-6,8-9,11-12,20H,7,10H2,1-4H3,(H,22,23)(H,24,25). The maximum Gasteiger partial charge on any atom is 0.330 e. The van der Waals surface area contributed by atoms with E-state index in [0.717, 1.165) is 16.7 Å². The highest BCUT2D eigenvalue weighted by Gasteiger charge is 2.22. The third kappa shape index (κ3) is 5.23. The molecule has 2 aromatic carbocycles. The van der Waals surface area contributed by atoms with Crippen molar-refractivity contribution in [1.82, 2.24) is 5.32 Å². The Kier molecular flexibility index (Phi) is 6.82. The average molecular weight is 371 g/mol. The summed E-state index contributed by atoms with van der Waals surface area (Å²) in [5.74, 6) is -0.103. The molecule has 0 saturated carbocycles. The van der Waals surface area contributed by atoms with E-state index in [1.54, 1.807) is 38.5 Å². The van der Waals surface area contributed by atoms with Crippen LogP contribution in [-0.2, 0) is 16.0 Å². The lowest BCUT2D eigenvalue weighted by molar-refractivity contribution is -0.142. The van der Waals surface area contributed by atoms with Gasteiger partial charge in [-0.1, -0.05) is 18.2 Å². The third-order valence-corrected chi connectivity index (χ3v) is 4.53. The van der Waals surface area contributed by atoms with Crippen LogP contribution in [0.4, 0.5) is 0 Å². The van der Waals surface area contributed by atoms with Crippen LogP contribution in [0.3, 0.4) is 0 Å². The monoisotopic (exact) mass is 371 g/mol. The van der Waals surface area contributed by atoms with Crippen LogP contribution in [0.2, 0.25) is 0 Å². The van der Waals surface area contributed by atoms with Crippen LogP contribution >= 0.6 is 0 Å². The highest BCUT2D eigenvalue weighted by atomic mass is 16.5. The van der Waals surface area contributed by atoms with Crippen LogP contribution in [0, 0.1) is 13.8 Å². The van der Waals surface area contributed by atoms with E-state index in [2.05, 4.69) is 5.32 Å². The lowest BCUT2D eigenvalue weighted by Gasteiger charge is -2.16. The molecule has 6 nitrogen and oxygen atoms in total. The van der Waals surface area contributed by atoms with Gasteiger partial charge in [0.25, 0.3) is 0 Å². The number of methoxy groups -OCH3 is 2. The number of carboxylic acids is 1. The number of nitrogens with one attached hydrogen (secondary N) is 1. The number of amides is 1. The molecule has 0 aliphatic heterocycles. The van der Waals surface area contributed by atoms with E-state index >= 15 is 0 Å². The molecular formula is C21H25NO5. The van der Waals surface area contributed by atoms with Crippen molar-refractivity contribution >= 4 is 11.9 Å². The van der Waals surface area contributed by atoms with Crippen molar-refractivity contribution in [3.05, 3.63) is 58.7 Å². The molecule has 144 valence electrons. The van der Waals surface area contributed by atoms with Gasteiger partial charge >= 0.3 is 5.97 Å². The lowest BCUT2D eigenvalue weighted by atomic mass is 10.0. The molecule has 0 radical (unpaired) electrons. The number of carbonyl (C=O) groups is 2. The minimum atomic E-state index is -1.09. The van der Waals surface area contributed by atoms with E-state index in [1.807, 2.05) is 26.0 Å². The van der Waals surface area contributed by atoms with Crippen molar-refractivity contribution in [3.63, 3.8) is 0 Å². The van der Waals surface area contributed by atoms with Gasteiger partial charge in [0.1, 0.15) is 11.5 Å². The van der Waals surface area contributed by atoms with Gasteiger partial charge in [-0.3, -0.25) is 4.79 Å². The van der Waals surface area contributed by atoms with Crippen LogP contribution in [0.25, 0.3) is 0 Å². The second-order valence-corrected chi connectivity index (χ2v) is 6.36. The molecule has 0 fully saturated rings. The Labute approximate surface area is 159 Å². The van der Waals surface area contributed by atoms with E-state index < -0.39 is 12.0 Å². The Bertz CT molecular complexity index is 831. The zero-order chi connectivity index (χ0) is 20.0. The summed E-state index contributed by atoms with van der Waals surface area (Å²) in [5, 5.41) is 12.1. The molecule has 6 heteroatoms. The molecular weight excluding hydrogens is 346 g/mol. The fourth-order valence-corrected chi connectivity index (χ4v) is 2.79. The normalized spacial score (nSPS) is 11.6. The summed E-state index contributed by atoms with van der Waals surface area (Å²) in [6.07, 6.45) is 0.545. The molecule has 1 atom stereocenters. The van der Waals surface area contributed by atoms with Gasteiger partial charge in [-0.15, -0.1) is 0 Å². The number of benzene rings is 2. The summed E-state index contributed by atoms with van der Waals surface area (Å²) < 4.78 is 10.5. The first-order chi connectivity index (χ1) is 12.8. The van der Waals surface area contributed by atoms with Gasteiger partial charge < -0.3 is 19.9 Å². The maximum atomic E-state index is 12.4. The van der Waals surface area contributed by atoms with Gasteiger partial charge in [0.15, 0.2) is 6.04 Å². The number of carbonyl (C=O) groups excluding carboxylic acids is 1. The van der Waals surface area contributed by atoms with Crippen LogP contribution in [0.5, 0.6) is 11.5 Å². The SMILES string of the molecule is COc1ccc(OC)c(CCC(=O)NC(C(=O)O)c2ccc(C)c(C)c2)c1. The molecule has 27 heavy (non-hydrogen) atoms. The molecule has 0 heterocycles. The number of hydrogen-bond donors (Lipinski definition) is 2. The first-order valence-electron chi connectivity index (χ1n) is 8.66. The van der Waals surface area contributed by atoms with E-state index in [-0.39, 0.29) is 12.3 Å². The predicted molar refractivity (Wildman–Crippen MR) is 102 cm³/mol. The second kappa shape index (κ2) is 9.07. The Balaban J connectivity index is 2.08.